The lowest BCUT2D eigenvalue weighted by Crippen LogP contribution is -2.20. The number of amides is 1. The fourth-order valence-corrected chi connectivity index (χ4v) is 1.32. The monoisotopic (exact) mass is 272 g/mol. The summed E-state index contributed by atoms with van der Waals surface area (Å²) in [6, 6.07) is 6.87. The number of hydrogen-bond donors (Lipinski definition) is 2. The standard InChI is InChI=1S/C12H17ClN2O3/c13-10-1-3-11(4-2-10)15-12(16)9-18-8-7-17-6-5-14/h1-4H,5-9,14H2,(H,15,16). The van der Waals surface area contributed by atoms with E-state index in [9.17, 15) is 4.79 Å². The fourth-order valence-electron chi connectivity index (χ4n) is 1.20. The van der Waals surface area contributed by atoms with Gasteiger partial charge in [-0.3, -0.25) is 4.79 Å². The molecule has 0 heterocycles. The molecule has 0 aromatic heterocycles. The lowest BCUT2D eigenvalue weighted by molar-refractivity contribution is -0.121. The number of carbonyl (C=O) groups excluding carboxylic acids is 1. The molecule has 6 heteroatoms. The molecular formula is C12H17ClN2O3. The quantitative estimate of drug-likeness (QED) is 0.699. The summed E-state index contributed by atoms with van der Waals surface area (Å²) in [4.78, 5) is 11.5. The van der Waals surface area contributed by atoms with Crippen LogP contribution in [0.2, 0.25) is 5.02 Å². The van der Waals surface area contributed by atoms with Gasteiger partial charge in [0.1, 0.15) is 6.61 Å². The number of carbonyl (C=O) groups is 1. The molecule has 100 valence electrons. The van der Waals surface area contributed by atoms with E-state index in [2.05, 4.69) is 5.32 Å². The Morgan fingerprint density at radius 3 is 2.50 bits per heavy atom. The molecule has 1 rings (SSSR count). The largest absolute Gasteiger partial charge is 0.378 e. The molecule has 0 bridgehead atoms. The van der Waals surface area contributed by atoms with Crippen molar-refractivity contribution in [2.75, 3.05) is 38.3 Å². The number of halogens is 1. The second kappa shape index (κ2) is 8.88. The van der Waals surface area contributed by atoms with E-state index in [1.807, 2.05) is 0 Å². The Morgan fingerprint density at radius 2 is 1.83 bits per heavy atom. The summed E-state index contributed by atoms with van der Waals surface area (Å²) in [6.45, 7) is 1.78. The van der Waals surface area contributed by atoms with Gasteiger partial charge in [0.2, 0.25) is 5.91 Å². The maximum Gasteiger partial charge on any atom is 0.250 e. The summed E-state index contributed by atoms with van der Waals surface area (Å²) in [5.41, 5.74) is 5.94. The van der Waals surface area contributed by atoms with Crippen molar-refractivity contribution < 1.29 is 14.3 Å². The van der Waals surface area contributed by atoms with E-state index in [4.69, 9.17) is 26.8 Å². The van der Waals surface area contributed by atoms with Crippen LogP contribution in [0, 0.1) is 0 Å². The summed E-state index contributed by atoms with van der Waals surface area (Å²) in [6.07, 6.45) is 0. The molecule has 5 nitrogen and oxygen atoms in total. The number of nitrogens with two attached hydrogens (primary N) is 1. The first-order valence-corrected chi connectivity index (χ1v) is 6.01. The molecule has 1 amide bonds. The predicted molar refractivity (Wildman–Crippen MR) is 70.8 cm³/mol. The molecule has 0 spiro atoms. The zero-order valence-corrected chi connectivity index (χ0v) is 10.8. The second-order valence-corrected chi connectivity index (χ2v) is 3.95. The smallest absolute Gasteiger partial charge is 0.250 e. The number of anilines is 1. The minimum atomic E-state index is -0.212. The molecule has 0 unspecified atom stereocenters. The Balaban J connectivity index is 2.12. The van der Waals surface area contributed by atoms with E-state index < -0.39 is 0 Å². The molecule has 1 aromatic rings. The third kappa shape index (κ3) is 6.56. The van der Waals surface area contributed by atoms with Gasteiger partial charge in [0.05, 0.1) is 19.8 Å². The van der Waals surface area contributed by atoms with Crippen molar-refractivity contribution in [1.29, 1.82) is 0 Å². The second-order valence-electron chi connectivity index (χ2n) is 3.51. The van der Waals surface area contributed by atoms with E-state index in [1.165, 1.54) is 0 Å². The van der Waals surface area contributed by atoms with Crippen LogP contribution in [0.15, 0.2) is 24.3 Å². The average molecular weight is 273 g/mol. The third-order valence-corrected chi connectivity index (χ3v) is 2.25. The Labute approximate surface area is 111 Å². The first-order chi connectivity index (χ1) is 8.72. The molecular weight excluding hydrogens is 256 g/mol. The van der Waals surface area contributed by atoms with Crippen LogP contribution in [0.1, 0.15) is 0 Å². The predicted octanol–water partition coefficient (Wildman–Crippen LogP) is 1.27. The molecule has 0 radical (unpaired) electrons. The number of hydrogen-bond acceptors (Lipinski definition) is 4. The summed E-state index contributed by atoms with van der Waals surface area (Å²) in [7, 11) is 0. The minimum Gasteiger partial charge on any atom is -0.378 e. The highest BCUT2D eigenvalue weighted by Gasteiger charge is 2.02. The van der Waals surface area contributed by atoms with Gasteiger partial charge >= 0.3 is 0 Å². The summed E-state index contributed by atoms with van der Waals surface area (Å²) in [5, 5.41) is 3.31. The molecule has 0 fully saturated rings. The van der Waals surface area contributed by atoms with Gasteiger partial charge in [-0.1, -0.05) is 11.6 Å². The number of benzene rings is 1. The molecule has 0 aliphatic carbocycles. The number of rotatable bonds is 8. The van der Waals surface area contributed by atoms with Gasteiger partial charge in [0.15, 0.2) is 0 Å². The van der Waals surface area contributed by atoms with Crippen LogP contribution in [-0.4, -0.2) is 38.9 Å². The van der Waals surface area contributed by atoms with Gasteiger partial charge in [-0.15, -0.1) is 0 Å². The normalized spacial score (nSPS) is 10.3. The lowest BCUT2D eigenvalue weighted by atomic mass is 10.3. The Bertz CT molecular complexity index is 357. The van der Waals surface area contributed by atoms with E-state index in [0.29, 0.717) is 37.1 Å². The zero-order chi connectivity index (χ0) is 13.2. The van der Waals surface area contributed by atoms with E-state index in [1.54, 1.807) is 24.3 Å². The lowest BCUT2D eigenvalue weighted by Gasteiger charge is -2.06. The Morgan fingerprint density at radius 1 is 1.17 bits per heavy atom. The molecule has 0 aliphatic rings. The van der Waals surface area contributed by atoms with Crippen molar-refractivity contribution in [3.63, 3.8) is 0 Å². The van der Waals surface area contributed by atoms with E-state index in [-0.39, 0.29) is 12.5 Å². The Kier molecular flexibility index (Phi) is 7.36. The van der Waals surface area contributed by atoms with Gasteiger partial charge in [-0.2, -0.15) is 0 Å². The van der Waals surface area contributed by atoms with Crippen molar-refractivity contribution in [2.45, 2.75) is 0 Å². The molecule has 3 N–H and O–H groups in total. The van der Waals surface area contributed by atoms with Gasteiger partial charge in [0.25, 0.3) is 0 Å². The van der Waals surface area contributed by atoms with Crippen LogP contribution in [-0.2, 0) is 14.3 Å². The van der Waals surface area contributed by atoms with Crippen LogP contribution in [0.3, 0.4) is 0 Å². The molecule has 0 saturated carbocycles. The highest BCUT2D eigenvalue weighted by molar-refractivity contribution is 6.30. The first-order valence-electron chi connectivity index (χ1n) is 5.63. The summed E-state index contributed by atoms with van der Waals surface area (Å²) < 4.78 is 10.2. The maximum absolute atomic E-state index is 11.5. The zero-order valence-electron chi connectivity index (χ0n) is 10.0. The van der Waals surface area contributed by atoms with Gasteiger partial charge in [-0.05, 0) is 24.3 Å². The molecule has 0 atom stereocenters. The van der Waals surface area contributed by atoms with Crippen molar-refractivity contribution in [1.82, 2.24) is 0 Å². The molecule has 1 aromatic carbocycles. The Hall–Kier alpha value is -1.14. The van der Waals surface area contributed by atoms with Crippen molar-refractivity contribution >= 4 is 23.2 Å². The van der Waals surface area contributed by atoms with Crippen LogP contribution >= 0.6 is 11.6 Å². The van der Waals surface area contributed by atoms with Gasteiger partial charge < -0.3 is 20.5 Å². The minimum absolute atomic E-state index is 0.00535. The SMILES string of the molecule is NCCOCCOCC(=O)Nc1ccc(Cl)cc1. The average Bonchev–Trinajstić information content (AvgIpc) is 2.36. The molecule has 0 saturated heterocycles. The first kappa shape index (κ1) is 14.9. The van der Waals surface area contributed by atoms with Crippen LogP contribution in [0.25, 0.3) is 0 Å². The van der Waals surface area contributed by atoms with E-state index >= 15 is 0 Å². The third-order valence-electron chi connectivity index (χ3n) is 2.00. The van der Waals surface area contributed by atoms with Gasteiger partial charge in [-0.25, -0.2) is 0 Å². The highest BCUT2D eigenvalue weighted by Crippen LogP contribution is 2.13. The van der Waals surface area contributed by atoms with Crippen molar-refractivity contribution in [2.24, 2.45) is 5.73 Å². The fraction of sp³-hybridized carbons (Fsp3) is 0.417. The highest BCUT2D eigenvalue weighted by atomic mass is 35.5. The van der Waals surface area contributed by atoms with Crippen LogP contribution < -0.4 is 11.1 Å². The van der Waals surface area contributed by atoms with Gasteiger partial charge in [0, 0.05) is 17.3 Å². The molecule has 0 aliphatic heterocycles. The molecule has 18 heavy (non-hydrogen) atoms. The summed E-state index contributed by atoms with van der Waals surface area (Å²) in [5.74, 6) is -0.212. The maximum atomic E-state index is 11.5. The van der Waals surface area contributed by atoms with Crippen molar-refractivity contribution in [3.8, 4) is 0 Å². The summed E-state index contributed by atoms with van der Waals surface area (Å²) >= 11 is 5.73. The topological polar surface area (TPSA) is 73.6 Å². The van der Waals surface area contributed by atoms with Crippen LogP contribution in [0.4, 0.5) is 5.69 Å². The number of ether oxygens (including phenoxy) is 2. The van der Waals surface area contributed by atoms with Crippen LogP contribution in [0.5, 0.6) is 0 Å². The number of nitrogens with one attached hydrogen (secondary N) is 1. The van der Waals surface area contributed by atoms with Crippen molar-refractivity contribution in [3.05, 3.63) is 29.3 Å². The van der Waals surface area contributed by atoms with E-state index in [0.717, 1.165) is 0 Å².